The molecule has 0 heterocycles. The van der Waals surface area contributed by atoms with Crippen LogP contribution < -0.4 is 0 Å². The Hall–Kier alpha value is 0. The van der Waals surface area contributed by atoms with E-state index >= 15 is 0 Å². The Morgan fingerprint density at radius 1 is 0.524 bits per heavy atom. The smallest absolute Gasteiger partial charge is 0.0412 e. The second-order valence-electron chi connectivity index (χ2n) is 7.40. The Morgan fingerprint density at radius 3 is 1.48 bits per heavy atom. The minimum absolute atomic E-state index is 0.958. The summed E-state index contributed by atoms with van der Waals surface area (Å²) in [5.74, 6) is 1.98. The van der Waals surface area contributed by atoms with E-state index in [1.807, 2.05) is 0 Å². The highest BCUT2D eigenvalue weighted by Gasteiger charge is 2.13. The molecule has 0 rings (SSSR count). The van der Waals surface area contributed by atoms with E-state index < -0.39 is 0 Å². The Morgan fingerprint density at radius 2 is 0.952 bits per heavy atom. The third kappa shape index (κ3) is 14.7. The molecule has 1 atom stereocenters. The maximum Gasteiger partial charge on any atom is -0.0412 e. The zero-order valence-corrected chi connectivity index (χ0v) is 15.8. The van der Waals surface area contributed by atoms with Gasteiger partial charge in [-0.1, -0.05) is 118 Å². The molecule has 128 valence electrons. The third-order valence-corrected chi connectivity index (χ3v) is 4.97. The molecule has 0 aromatic carbocycles. The van der Waals surface area contributed by atoms with Gasteiger partial charge < -0.3 is 0 Å². The zero-order chi connectivity index (χ0) is 15.8. The van der Waals surface area contributed by atoms with Crippen molar-refractivity contribution in [1.29, 1.82) is 0 Å². The molecule has 1 unspecified atom stereocenters. The van der Waals surface area contributed by atoms with Gasteiger partial charge in [0.2, 0.25) is 0 Å². The maximum atomic E-state index is 2.51. The molecule has 0 aromatic heterocycles. The standard InChI is InChI=1S/C21H44/c1-5-8-11-12-15-16-20(4)19-21(17-13-9-6-2)18-14-10-7-3/h20-21H,5-19H2,1-4H3. The van der Waals surface area contributed by atoms with E-state index in [2.05, 4.69) is 27.7 Å². The van der Waals surface area contributed by atoms with Gasteiger partial charge in [0.15, 0.2) is 0 Å². The average molecular weight is 297 g/mol. The molecule has 0 N–H and O–H groups in total. The monoisotopic (exact) mass is 296 g/mol. The van der Waals surface area contributed by atoms with Crippen LogP contribution in [0.5, 0.6) is 0 Å². The van der Waals surface area contributed by atoms with E-state index in [9.17, 15) is 0 Å². The fourth-order valence-electron chi connectivity index (χ4n) is 3.53. The lowest BCUT2D eigenvalue weighted by Gasteiger charge is -2.21. The molecule has 0 aliphatic rings. The summed E-state index contributed by atoms with van der Waals surface area (Å²) in [7, 11) is 0. The summed E-state index contributed by atoms with van der Waals surface area (Å²) in [6.07, 6.45) is 21.7. The van der Waals surface area contributed by atoms with E-state index in [-0.39, 0.29) is 0 Å². The van der Waals surface area contributed by atoms with Crippen LogP contribution in [0.1, 0.15) is 124 Å². The van der Waals surface area contributed by atoms with Crippen molar-refractivity contribution in [3.05, 3.63) is 0 Å². The molecular formula is C21H44. The van der Waals surface area contributed by atoms with Crippen molar-refractivity contribution in [2.75, 3.05) is 0 Å². The van der Waals surface area contributed by atoms with Crippen LogP contribution in [0.15, 0.2) is 0 Å². The molecular weight excluding hydrogens is 252 g/mol. The van der Waals surface area contributed by atoms with Crippen LogP contribution >= 0.6 is 0 Å². The van der Waals surface area contributed by atoms with E-state index in [0.717, 1.165) is 11.8 Å². The molecule has 0 bridgehead atoms. The summed E-state index contributed by atoms with van der Waals surface area (Å²) in [5, 5.41) is 0. The fourth-order valence-corrected chi connectivity index (χ4v) is 3.53. The number of unbranched alkanes of at least 4 members (excludes halogenated alkanes) is 8. The van der Waals surface area contributed by atoms with E-state index in [1.165, 1.54) is 96.3 Å². The molecule has 0 amide bonds. The first kappa shape index (κ1) is 21.0. The van der Waals surface area contributed by atoms with Gasteiger partial charge in [-0.05, 0) is 18.3 Å². The average Bonchev–Trinajstić information content (AvgIpc) is 2.47. The molecule has 0 saturated carbocycles. The molecule has 21 heavy (non-hydrogen) atoms. The normalized spacial score (nSPS) is 13.0. The first-order chi connectivity index (χ1) is 10.2. The predicted molar refractivity (Wildman–Crippen MR) is 98.9 cm³/mol. The largest absolute Gasteiger partial charge is 0.0654 e. The summed E-state index contributed by atoms with van der Waals surface area (Å²) in [6.45, 7) is 9.46. The summed E-state index contributed by atoms with van der Waals surface area (Å²) in [4.78, 5) is 0. The second-order valence-corrected chi connectivity index (χ2v) is 7.40. The zero-order valence-electron chi connectivity index (χ0n) is 15.8. The van der Waals surface area contributed by atoms with Gasteiger partial charge in [-0.3, -0.25) is 0 Å². The lowest BCUT2D eigenvalue weighted by molar-refractivity contribution is 0.315. The molecule has 0 radical (unpaired) electrons. The number of hydrogen-bond donors (Lipinski definition) is 0. The van der Waals surface area contributed by atoms with Gasteiger partial charge in [0.25, 0.3) is 0 Å². The minimum Gasteiger partial charge on any atom is -0.0654 e. The number of rotatable bonds is 16. The summed E-state index contributed by atoms with van der Waals surface area (Å²) in [6, 6.07) is 0. The van der Waals surface area contributed by atoms with Gasteiger partial charge >= 0.3 is 0 Å². The SMILES string of the molecule is CCCCCCCC(C)CC(CCCCC)CCCCC. The predicted octanol–water partition coefficient (Wildman–Crippen LogP) is 8.15. The van der Waals surface area contributed by atoms with Crippen LogP contribution in [0.4, 0.5) is 0 Å². The molecule has 0 fully saturated rings. The lowest BCUT2D eigenvalue weighted by atomic mass is 9.85. The van der Waals surface area contributed by atoms with E-state index in [0.29, 0.717) is 0 Å². The first-order valence-electron chi connectivity index (χ1n) is 10.2. The van der Waals surface area contributed by atoms with Crippen LogP contribution in [0.25, 0.3) is 0 Å². The molecule has 0 heteroatoms. The first-order valence-corrected chi connectivity index (χ1v) is 10.2. The summed E-state index contributed by atoms with van der Waals surface area (Å²) in [5.41, 5.74) is 0. The van der Waals surface area contributed by atoms with Crippen molar-refractivity contribution in [2.24, 2.45) is 11.8 Å². The highest BCUT2D eigenvalue weighted by molar-refractivity contribution is 4.65. The summed E-state index contributed by atoms with van der Waals surface area (Å²) >= 11 is 0. The number of hydrogen-bond acceptors (Lipinski definition) is 0. The van der Waals surface area contributed by atoms with E-state index in [1.54, 1.807) is 0 Å². The topological polar surface area (TPSA) is 0 Å². The van der Waals surface area contributed by atoms with Crippen molar-refractivity contribution in [2.45, 2.75) is 124 Å². The van der Waals surface area contributed by atoms with Gasteiger partial charge in [0.1, 0.15) is 0 Å². The van der Waals surface area contributed by atoms with Gasteiger partial charge in [-0.15, -0.1) is 0 Å². The van der Waals surface area contributed by atoms with Crippen LogP contribution in [-0.2, 0) is 0 Å². The van der Waals surface area contributed by atoms with Gasteiger partial charge in [-0.25, -0.2) is 0 Å². The van der Waals surface area contributed by atoms with Crippen LogP contribution in [0, 0.1) is 11.8 Å². The third-order valence-electron chi connectivity index (χ3n) is 4.97. The van der Waals surface area contributed by atoms with Gasteiger partial charge in [0, 0.05) is 0 Å². The van der Waals surface area contributed by atoms with Crippen LogP contribution in [0.2, 0.25) is 0 Å². The fraction of sp³-hybridized carbons (Fsp3) is 1.00. The van der Waals surface area contributed by atoms with Crippen molar-refractivity contribution in [3.63, 3.8) is 0 Å². The van der Waals surface area contributed by atoms with Crippen molar-refractivity contribution in [1.82, 2.24) is 0 Å². The Labute approximate surface area is 136 Å². The maximum absolute atomic E-state index is 2.51. The van der Waals surface area contributed by atoms with Gasteiger partial charge in [0.05, 0.1) is 0 Å². The Bertz CT molecular complexity index is 174. The molecule has 0 aliphatic heterocycles. The van der Waals surface area contributed by atoms with E-state index in [4.69, 9.17) is 0 Å². The molecule has 0 spiro atoms. The highest BCUT2D eigenvalue weighted by Crippen LogP contribution is 2.27. The van der Waals surface area contributed by atoms with Crippen molar-refractivity contribution in [3.8, 4) is 0 Å². The quantitative estimate of drug-likeness (QED) is 0.252. The molecule has 0 saturated heterocycles. The molecule has 0 nitrogen and oxygen atoms in total. The van der Waals surface area contributed by atoms with Crippen LogP contribution in [-0.4, -0.2) is 0 Å². The lowest BCUT2D eigenvalue weighted by Crippen LogP contribution is -2.07. The molecule has 0 aromatic rings. The van der Waals surface area contributed by atoms with Crippen molar-refractivity contribution >= 4 is 0 Å². The minimum atomic E-state index is 0.958. The Kier molecular flexibility index (Phi) is 16.4. The summed E-state index contributed by atoms with van der Waals surface area (Å²) < 4.78 is 0. The Balaban J connectivity index is 3.82. The highest BCUT2D eigenvalue weighted by atomic mass is 14.2. The van der Waals surface area contributed by atoms with Gasteiger partial charge in [-0.2, -0.15) is 0 Å². The van der Waals surface area contributed by atoms with Crippen LogP contribution in [0.3, 0.4) is 0 Å². The molecule has 0 aliphatic carbocycles. The van der Waals surface area contributed by atoms with Crippen molar-refractivity contribution < 1.29 is 0 Å². The second kappa shape index (κ2) is 16.4.